The standard InChI is InChI=1S/C11H16N2O3S/c14-11-8-17(15,16)7-10(11)13-5-3-9-2-1-4-12-6-9/h1-2,4,6,10-11,13-14H,3,5,7-8H2. The lowest BCUT2D eigenvalue weighted by Gasteiger charge is -2.14. The molecular formula is C11H16N2O3S. The maximum atomic E-state index is 11.3. The minimum atomic E-state index is -3.06. The van der Waals surface area contributed by atoms with E-state index < -0.39 is 15.9 Å². The fourth-order valence-electron chi connectivity index (χ4n) is 1.97. The number of aliphatic hydroxyl groups excluding tert-OH is 1. The van der Waals surface area contributed by atoms with E-state index in [0.717, 1.165) is 12.0 Å². The Balaban J connectivity index is 1.80. The summed E-state index contributed by atoms with van der Waals surface area (Å²) >= 11 is 0. The summed E-state index contributed by atoms with van der Waals surface area (Å²) in [6.45, 7) is 0.642. The average molecular weight is 256 g/mol. The van der Waals surface area contributed by atoms with E-state index in [1.54, 1.807) is 12.4 Å². The Morgan fingerprint density at radius 1 is 1.47 bits per heavy atom. The van der Waals surface area contributed by atoms with Gasteiger partial charge in [-0.15, -0.1) is 0 Å². The molecule has 6 heteroatoms. The second-order valence-corrected chi connectivity index (χ2v) is 6.47. The molecule has 2 N–H and O–H groups in total. The van der Waals surface area contributed by atoms with Gasteiger partial charge in [0, 0.05) is 18.4 Å². The van der Waals surface area contributed by atoms with Crippen LogP contribution >= 0.6 is 0 Å². The molecular weight excluding hydrogens is 240 g/mol. The highest BCUT2D eigenvalue weighted by atomic mass is 32.2. The van der Waals surface area contributed by atoms with Crippen molar-refractivity contribution < 1.29 is 13.5 Å². The highest BCUT2D eigenvalue weighted by Crippen LogP contribution is 2.12. The van der Waals surface area contributed by atoms with Gasteiger partial charge in [-0.05, 0) is 24.6 Å². The predicted octanol–water partition coefficient (Wildman–Crippen LogP) is -0.628. The molecule has 1 aromatic rings. The molecule has 0 bridgehead atoms. The van der Waals surface area contributed by atoms with Crippen LogP contribution in [0.4, 0.5) is 0 Å². The van der Waals surface area contributed by atoms with Crippen LogP contribution in [0, 0.1) is 0 Å². The molecule has 5 nitrogen and oxygen atoms in total. The first-order valence-corrected chi connectivity index (χ1v) is 7.40. The Labute approximate surface area is 101 Å². The Bertz CT molecular complexity index is 461. The Morgan fingerprint density at radius 2 is 2.29 bits per heavy atom. The summed E-state index contributed by atoms with van der Waals surface area (Å²) in [5, 5.41) is 12.6. The number of hydrogen-bond acceptors (Lipinski definition) is 5. The number of sulfone groups is 1. The van der Waals surface area contributed by atoms with E-state index in [-0.39, 0.29) is 17.5 Å². The van der Waals surface area contributed by atoms with Crippen molar-refractivity contribution in [1.82, 2.24) is 10.3 Å². The maximum Gasteiger partial charge on any atom is 0.154 e. The van der Waals surface area contributed by atoms with Crippen molar-refractivity contribution in [3.05, 3.63) is 30.1 Å². The monoisotopic (exact) mass is 256 g/mol. The van der Waals surface area contributed by atoms with Crippen LogP contribution in [0.25, 0.3) is 0 Å². The summed E-state index contributed by atoms with van der Waals surface area (Å²) in [5.41, 5.74) is 1.09. The minimum absolute atomic E-state index is 0.0290. The first-order valence-electron chi connectivity index (χ1n) is 5.57. The van der Waals surface area contributed by atoms with Crippen LogP contribution in [0.1, 0.15) is 5.56 Å². The van der Waals surface area contributed by atoms with Crippen molar-refractivity contribution in [2.24, 2.45) is 0 Å². The van der Waals surface area contributed by atoms with E-state index in [1.165, 1.54) is 0 Å². The van der Waals surface area contributed by atoms with Gasteiger partial charge in [-0.2, -0.15) is 0 Å². The van der Waals surface area contributed by atoms with Crippen molar-refractivity contribution in [1.29, 1.82) is 0 Å². The summed E-state index contributed by atoms with van der Waals surface area (Å²) in [4.78, 5) is 4.00. The molecule has 0 saturated carbocycles. The van der Waals surface area contributed by atoms with E-state index in [4.69, 9.17) is 0 Å². The molecule has 17 heavy (non-hydrogen) atoms. The number of aromatic nitrogens is 1. The molecule has 2 rings (SSSR count). The van der Waals surface area contributed by atoms with Crippen LogP contribution < -0.4 is 5.32 Å². The third-order valence-corrected chi connectivity index (χ3v) is 4.58. The molecule has 94 valence electrons. The van der Waals surface area contributed by atoms with Crippen molar-refractivity contribution in [3.8, 4) is 0 Å². The van der Waals surface area contributed by atoms with Gasteiger partial charge in [0.05, 0.1) is 17.6 Å². The van der Waals surface area contributed by atoms with Gasteiger partial charge in [0.15, 0.2) is 9.84 Å². The lowest BCUT2D eigenvalue weighted by molar-refractivity contribution is 0.166. The fourth-order valence-corrected chi connectivity index (χ4v) is 3.75. The molecule has 1 aliphatic rings. The Kier molecular flexibility index (Phi) is 3.76. The van der Waals surface area contributed by atoms with Gasteiger partial charge in [0.1, 0.15) is 0 Å². The van der Waals surface area contributed by atoms with E-state index in [0.29, 0.717) is 6.54 Å². The number of nitrogens with one attached hydrogen (secondary N) is 1. The summed E-state index contributed by atoms with van der Waals surface area (Å²) in [7, 11) is -3.06. The molecule has 0 radical (unpaired) electrons. The highest BCUT2D eigenvalue weighted by Gasteiger charge is 2.35. The second-order valence-electron chi connectivity index (χ2n) is 4.32. The molecule has 0 amide bonds. The van der Waals surface area contributed by atoms with E-state index >= 15 is 0 Å². The maximum absolute atomic E-state index is 11.3. The highest BCUT2D eigenvalue weighted by molar-refractivity contribution is 7.91. The van der Waals surface area contributed by atoms with Gasteiger partial charge < -0.3 is 10.4 Å². The molecule has 2 heterocycles. The molecule has 2 atom stereocenters. The molecule has 0 aliphatic carbocycles. The number of rotatable bonds is 4. The van der Waals surface area contributed by atoms with Crippen LogP contribution in [0.15, 0.2) is 24.5 Å². The van der Waals surface area contributed by atoms with Crippen LogP contribution in [0.5, 0.6) is 0 Å². The van der Waals surface area contributed by atoms with E-state index in [9.17, 15) is 13.5 Å². The summed E-state index contributed by atoms with van der Waals surface area (Å²) in [6, 6.07) is 3.50. The number of nitrogens with zero attached hydrogens (tertiary/aromatic N) is 1. The summed E-state index contributed by atoms with van der Waals surface area (Å²) in [5.74, 6) is -0.0984. The van der Waals surface area contributed by atoms with Crippen LogP contribution in [0.2, 0.25) is 0 Å². The summed E-state index contributed by atoms with van der Waals surface area (Å²) < 4.78 is 22.5. The average Bonchev–Trinajstić information content (AvgIpc) is 2.53. The summed E-state index contributed by atoms with van der Waals surface area (Å²) in [6.07, 6.45) is 3.49. The van der Waals surface area contributed by atoms with Crippen LogP contribution in [-0.2, 0) is 16.3 Å². The van der Waals surface area contributed by atoms with Crippen molar-refractivity contribution in [2.45, 2.75) is 18.6 Å². The molecule has 1 aliphatic heterocycles. The molecule has 2 unspecified atom stereocenters. The Morgan fingerprint density at radius 3 is 2.88 bits per heavy atom. The molecule has 1 fully saturated rings. The van der Waals surface area contributed by atoms with Crippen molar-refractivity contribution in [2.75, 3.05) is 18.1 Å². The van der Waals surface area contributed by atoms with Gasteiger partial charge in [0.2, 0.25) is 0 Å². The van der Waals surface area contributed by atoms with Gasteiger partial charge in [0.25, 0.3) is 0 Å². The zero-order valence-electron chi connectivity index (χ0n) is 9.41. The van der Waals surface area contributed by atoms with Crippen molar-refractivity contribution >= 4 is 9.84 Å². The second kappa shape index (κ2) is 5.12. The zero-order valence-corrected chi connectivity index (χ0v) is 10.2. The molecule has 1 saturated heterocycles. The molecule has 0 aromatic carbocycles. The van der Waals surface area contributed by atoms with Crippen molar-refractivity contribution in [3.63, 3.8) is 0 Å². The molecule has 1 aromatic heterocycles. The van der Waals surface area contributed by atoms with E-state index in [1.807, 2.05) is 12.1 Å². The smallest absolute Gasteiger partial charge is 0.154 e. The SMILES string of the molecule is O=S1(=O)CC(O)C(NCCc2cccnc2)C1. The fraction of sp³-hybridized carbons (Fsp3) is 0.545. The lowest BCUT2D eigenvalue weighted by Crippen LogP contribution is -2.39. The Hall–Kier alpha value is -0.980. The third-order valence-electron chi connectivity index (χ3n) is 2.87. The van der Waals surface area contributed by atoms with Gasteiger partial charge in [-0.1, -0.05) is 6.07 Å². The number of aliphatic hydroxyl groups is 1. The normalized spacial score (nSPS) is 27.1. The third kappa shape index (κ3) is 3.49. The quantitative estimate of drug-likeness (QED) is 0.750. The molecule has 0 spiro atoms. The number of pyridine rings is 1. The largest absolute Gasteiger partial charge is 0.390 e. The topological polar surface area (TPSA) is 79.3 Å². The lowest BCUT2D eigenvalue weighted by atomic mass is 10.2. The predicted molar refractivity (Wildman–Crippen MR) is 64.4 cm³/mol. The van der Waals surface area contributed by atoms with Gasteiger partial charge in [-0.3, -0.25) is 4.98 Å². The first-order chi connectivity index (χ1) is 8.07. The zero-order chi connectivity index (χ0) is 12.3. The van der Waals surface area contributed by atoms with Crippen LogP contribution in [0.3, 0.4) is 0 Å². The van der Waals surface area contributed by atoms with E-state index in [2.05, 4.69) is 10.3 Å². The van der Waals surface area contributed by atoms with Crippen LogP contribution in [-0.4, -0.2) is 48.7 Å². The van der Waals surface area contributed by atoms with Gasteiger partial charge >= 0.3 is 0 Å². The number of hydrogen-bond donors (Lipinski definition) is 2. The minimum Gasteiger partial charge on any atom is -0.390 e. The first kappa shape index (κ1) is 12.5. The van der Waals surface area contributed by atoms with Gasteiger partial charge in [-0.25, -0.2) is 8.42 Å².